The van der Waals surface area contributed by atoms with Crippen molar-refractivity contribution in [3.63, 3.8) is 0 Å². The second-order valence-electron chi connectivity index (χ2n) is 5.06. The van der Waals surface area contributed by atoms with E-state index in [1.54, 1.807) is 0 Å². The van der Waals surface area contributed by atoms with Gasteiger partial charge < -0.3 is 10.4 Å². The van der Waals surface area contributed by atoms with Crippen molar-refractivity contribution < 1.29 is 5.11 Å². The molecule has 0 amide bonds. The zero-order valence-corrected chi connectivity index (χ0v) is 9.04. The van der Waals surface area contributed by atoms with Crippen LogP contribution >= 0.6 is 0 Å². The third-order valence-corrected chi connectivity index (χ3v) is 3.90. The Labute approximate surface area is 87.1 Å². The summed E-state index contributed by atoms with van der Waals surface area (Å²) in [6.07, 6.45) is 8.84. The molecule has 0 bridgehead atoms. The standard InChI is InChI=1S/C12H23NO/c14-12-6-2-1-5-11(12)8-10-4-3-7-13-9-10/h10-14H,1-9H2. The second kappa shape index (κ2) is 5.13. The quantitative estimate of drug-likeness (QED) is 0.709. The van der Waals surface area contributed by atoms with Gasteiger partial charge in [0.15, 0.2) is 0 Å². The van der Waals surface area contributed by atoms with E-state index in [0.29, 0.717) is 5.92 Å². The molecule has 1 aliphatic heterocycles. The summed E-state index contributed by atoms with van der Waals surface area (Å²) in [6.45, 7) is 2.38. The van der Waals surface area contributed by atoms with E-state index in [0.717, 1.165) is 12.3 Å². The molecule has 82 valence electrons. The topological polar surface area (TPSA) is 32.3 Å². The molecule has 2 aliphatic rings. The Morgan fingerprint density at radius 2 is 1.93 bits per heavy atom. The summed E-state index contributed by atoms with van der Waals surface area (Å²) >= 11 is 0. The molecule has 1 saturated carbocycles. The zero-order valence-electron chi connectivity index (χ0n) is 9.04. The Morgan fingerprint density at radius 1 is 1.07 bits per heavy atom. The monoisotopic (exact) mass is 197 g/mol. The SMILES string of the molecule is OC1CCCCC1CC1CCCNC1. The molecule has 14 heavy (non-hydrogen) atoms. The molecule has 1 saturated heterocycles. The second-order valence-corrected chi connectivity index (χ2v) is 5.06. The van der Waals surface area contributed by atoms with Crippen LogP contribution < -0.4 is 5.32 Å². The lowest BCUT2D eigenvalue weighted by atomic mass is 9.79. The third kappa shape index (κ3) is 2.71. The highest BCUT2D eigenvalue weighted by Gasteiger charge is 2.26. The van der Waals surface area contributed by atoms with Gasteiger partial charge in [-0.1, -0.05) is 12.8 Å². The van der Waals surface area contributed by atoms with Crippen LogP contribution in [0.5, 0.6) is 0 Å². The molecule has 0 radical (unpaired) electrons. The van der Waals surface area contributed by atoms with Gasteiger partial charge in [-0.3, -0.25) is 0 Å². The van der Waals surface area contributed by atoms with Crippen LogP contribution in [-0.4, -0.2) is 24.3 Å². The molecule has 2 fully saturated rings. The van der Waals surface area contributed by atoms with Crippen molar-refractivity contribution in [3.05, 3.63) is 0 Å². The Morgan fingerprint density at radius 3 is 2.64 bits per heavy atom. The lowest BCUT2D eigenvalue weighted by molar-refractivity contribution is 0.0535. The van der Waals surface area contributed by atoms with Crippen LogP contribution in [0.25, 0.3) is 0 Å². The van der Waals surface area contributed by atoms with Crippen molar-refractivity contribution in [1.82, 2.24) is 5.32 Å². The molecule has 1 heterocycles. The molecule has 2 heteroatoms. The molecule has 2 rings (SSSR count). The van der Waals surface area contributed by atoms with E-state index in [2.05, 4.69) is 5.32 Å². The van der Waals surface area contributed by atoms with E-state index < -0.39 is 0 Å². The smallest absolute Gasteiger partial charge is 0.0568 e. The molecule has 2 nitrogen and oxygen atoms in total. The Bertz CT molecular complexity index is 166. The number of aliphatic hydroxyl groups excluding tert-OH is 1. The van der Waals surface area contributed by atoms with Crippen LogP contribution in [-0.2, 0) is 0 Å². The van der Waals surface area contributed by atoms with Gasteiger partial charge >= 0.3 is 0 Å². The highest BCUT2D eigenvalue weighted by molar-refractivity contribution is 4.79. The first-order valence-electron chi connectivity index (χ1n) is 6.25. The maximum absolute atomic E-state index is 9.88. The average Bonchev–Trinajstić information content (AvgIpc) is 2.23. The van der Waals surface area contributed by atoms with E-state index in [9.17, 15) is 5.11 Å². The summed E-state index contributed by atoms with van der Waals surface area (Å²) in [4.78, 5) is 0. The van der Waals surface area contributed by atoms with Gasteiger partial charge in [0, 0.05) is 0 Å². The molecular formula is C12H23NO. The van der Waals surface area contributed by atoms with Crippen molar-refractivity contribution >= 4 is 0 Å². The van der Waals surface area contributed by atoms with E-state index in [1.165, 1.54) is 51.6 Å². The lowest BCUT2D eigenvalue weighted by Crippen LogP contribution is -2.34. The minimum atomic E-state index is 0.00526. The lowest BCUT2D eigenvalue weighted by Gasteiger charge is -2.32. The Kier molecular flexibility index (Phi) is 3.82. The Balaban J connectivity index is 1.76. The van der Waals surface area contributed by atoms with E-state index in [1.807, 2.05) is 0 Å². The fourth-order valence-electron chi connectivity index (χ4n) is 3.02. The van der Waals surface area contributed by atoms with Crippen molar-refractivity contribution in [2.75, 3.05) is 13.1 Å². The number of hydrogen-bond acceptors (Lipinski definition) is 2. The average molecular weight is 197 g/mol. The van der Waals surface area contributed by atoms with E-state index >= 15 is 0 Å². The fraction of sp³-hybridized carbons (Fsp3) is 1.00. The first kappa shape index (κ1) is 10.4. The molecule has 0 aromatic heterocycles. The van der Waals surface area contributed by atoms with Gasteiger partial charge in [-0.25, -0.2) is 0 Å². The number of nitrogens with one attached hydrogen (secondary N) is 1. The molecule has 3 unspecified atom stereocenters. The van der Waals surface area contributed by atoms with Gasteiger partial charge in [-0.05, 0) is 57.0 Å². The summed E-state index contributed by atoms with van der Waals surface area (Å²) < 4.78 is 0. The molecule has 0 aromatic carbocycles. The third-order valence-electron chi connectivity index (χ3n) is 3.90. The predicted molar refractivity (Wildman–Crippen MR) is 58.2 cm³/mol. The van der Waals surface area contributed by atoms with E-state index in [4.69, 9.17) is 0 Å². The fourth-order valence-corrected chi connectivity index (χ4v) is 3.02. The van der Waals surface area contributed by atoms with Gasteiger partial charge in [-0.2, -0.15) is 0 Å². The summed E-state index contributed by atoms with van der Waals surface area (Å²) in [5.41, 5.74) is 0. The Hall–Kier alpha value is -0.0800. The first-order valence-corrected chi connectivity index (χ1v) is 6.25. The summed E-state index contributed by atoms with van der Waals surface area (Å²) in [5, 5.41) is 13.3. The van der Waals surface area contributed by atoms with Crippen LogP contribution in [0.3, 0.4) is 0 Å². The minimum Gasteiger partial charge on any atom is -0.393 e. The van der Waals surface area contributed by atoms with Crippen LogP contribution in [0.1, 0.15) is 44.9 Å². The highest BCUT2D eigenvalue weighted by Crippen LogP contribution is 2.31. The largest absolute Gasteiger partial charge is 0.393 e. The molecule has 2 N–H and O–H groups in total. The summed E-state index contributed by atoms with van der Waals surface area (Å²) in [5.74, 6) is 1.44. The van der Waals surface area contributed by atoms with Crippen molar-refractivity contribution in [2.24, 2.45) is 11.8 Å². The summed E-state index contributed by atoms with van der Waals surface area (Å²) in [7, 11) is 0. The molecule has 0 spiro atoms. The number of rotatable bonds is 2. The summed E-state index contributed by atoms with van der Waals surface area (Å²) in [6, 6.07) is 0. The van der Waals surface area contributed by atoms with Crippen LogP contribution in [0.4, 0.5) is 0 Å². The molecule has 3 atom stereocenters. The van der Waals surface area contributed by atoms with E-state index in [-0.39, 0.29) is 6.10 Å². The van der Waals surface area contributed by atoms with Crippen molar-refractivity contribution in [1.29, 1.82) is 0 Å². The highest BCUT2D eigenvalue weighted by atomic mass is 16.3. The molecule has 0 aromatic rings. The van der Waals surface area contributed by atoms with Gasteiger partial charge in [0.25, 0.3) is 0 Å². The van der Waals surface area contributed by atoms with Crippen LogP contribution in [0, 0.1) is 11.8 Å². The number of piperidine rings is 1. The van der Waals surface area contributed by atoms with Crippen LogP contribution in [0.15, 0.2) is 0 Å². The van der Waals surface area contributed by atoms with Crippen molar-refractivity contribution in [2.45, 2.75) is 51.0 Å². The number of aliphatic hydroxyl groups is 1. The maximum Gasteiger partial charge on any atom is 0.0568 e. The normalized spacial score (nSPS) is 39.6. The maximum atomic E-state index is 9.88. The molecule has 1 aliphatic carbocycles. The van der Waals surface area contributed by atoms with Crippen LogP contribution in [0.2, 0.25) is 0 Å². The van der Waals surface area contributed by atoms with Crippen molar-refractivity contribution in [3.8, 4) is 0 Å². The molecular weight excluding hydrogens is 174 g/mol. The van der Waals surface area contributed by atoms with Gasteiger partial charge in [0.2, 0.25) is 0 Å². The van der Waals surface area contributed by atoms with Gasteiger partial charge in [0.1, 0.15) is 0 Å². The first-order chi connectivity index (χ1) is 6.86. The van der Waals surface area contributed by atoms with Gasteiger partial charge in [0.05, 0.1) is 6.10 Å². The predicted octanol–water partition coefficient (Wildman–Crippen LogP) is 1.93. The zero-order chi connectivity index (χ0) is 9.80. The van der Waals surface area contributed by atoms with Gasteiger partial charge in [-0.15, -0.1) is 0 Å². The number of hydrogen-bond donors (Lipinski definition) is 2. The minimum absolute atomic E-state index is 0.00526.